The van der Waals surface area contributed by atoms with Gasteiger partial charge >= 0.3 is 18.1 Å². The highest BCUT2D eigenvalue weighted by Crippen LogP contribution is 2.26. The minimum atomic E-state index is -4.96. The van der Waals surface area contributed by atoms with Crippen molar-refractivity contribution >= 4 is 11.9 Å². The molecule has 1 rings (SSSR count). The number of carbonyl (C=O) groups excluding carboxylic acids is 1. The van der Waals surface area contributed by atoms with E-state index < -0.39 is 30.0 Å². The Morgan fingerprint density at radius 3 is 2.25 bits per heavy atom. The fraction of sp³-hybridized carbons (Fsp3) is 0.778. The molecule has 1 aliphatic carbocycles. The highest BCUT2D eigenvalue weighted by Gasteiger charge is 2.42. The summed E-state index contributed by atoms with van der Waals surface area (Å²) in [6.07, 6.45) is -3.08. The van der Waals surface area contributed by atoms with Crippen LogP contribution in [0.15, 0.2) is 0 Å². The summed E-state index contributed by atoms with van der Waals surface area (Å²) >= 11 is 0. The average molecular weight is 239 g/mol. The first kappa shape index (κ1) is 12.8. The lowest BCUT2D eigenvalue weighted by Gasteiger charge is -2.29. The minimum Gasteiger partial charge on any atom is -0.481 e. The third-order valence-corrected chi connectivity index (χ3v) is 2.66. The van der Waals surface area contributed by atoms with Crippen LogP contribution in [0, 0.1) is 5.92 Å². The van der Waals surface area contributed by atoms with Gasteiger partial charge in [-0.05, 0) is 12.8 Å². The Bertz CT molecular complexity index is 290. The van der Waals surface area contributed by atoms with E-state index in [2.05, 4.69) is 0 Å². The van der Waals surface area contributed by atoms with Gasteiger partial charge in [0, 0.05) is 6.04 Å². The number of amides is 1. The predicted octanol–water partition coefficient (Wildman–Crippen LogP) is 1.31. The van der Waals surface area contributed by atoms with Crippen molar-refractivity contribution in [3.05, 3.63) is 0 Å². The van der Waals surface area contributed by atoms with E-state index in [0.717, 1.165) is 0 Å². The summed E-state index contributed by atoms with van der Waals surface area (Å²) in [5.41, 5.74) is 0. The van der Waals surface area contributed by atoms with E-state index >= 15 is 0 Å². The normalized spacial score (nSPS) is 26.2. The number of alkyl halides is 3. The molecule has 2 atom stereocenters. The lowest BCUT2D eigenvalue weighted by atomic mass is 9.84. The van der Waals surface area contributed by atoms with Crippen LogP contribution in [0.4, 0.5) is 13.2 Å². The molecule has 0 radical (unpaired) electrons. The first-order valence-corrected chi connectivity index (χ1v) is 4.93. The van der Waals surface area contributed by atoms with Gasteiger partial charge in [-0.1, -0.05) is 12.8 Å². The maximum Gasteiger partial charge on any atom is 0.471 e. The molecular weight excluding hydrogens is 227 g/mol. The molecule has 1 fully saturated rings. The summed E-state index contributed by atoms with van der Waals surface area (Å²) in [5, 5.41) is 10.5. The third kappa shape index (κ3) is 3.11. The second-order valence-electron chi connectivity index (χ2n) is 3.81. The van der Waals surface area contributed by atoms with E-state index in [1.165, 1.54) is 0 Å². The van der Waals surface area contributed by atoms with Gasteiger partial charge in [-0.2, -0.15) is 13.2 Å². The van der Waals surface area contributed by atoms with Crippen molar-refractivity contribution in [3.63, 3.8) is 0 Å². The Balaban J connectivity index is 2.63. The van der Waals surface area contributed by atoms with Crippen molar-refractivity contribution < 1.29 is 27.9 Å². The second kappa shape index (κ2) is 4.71. The van der Waals surface area contributed by atoms with E-state index in [1.54, 1.807) is 5.32 Å². The molecular formula is C9H12F3NO3. The van der Waals surface area contributed by atoms with Gasteiger partial charge in [0.1, 0.15) is 0 Å². The van der Waals surface area contributed by atoms with Crippen molar-refractivity contribution in [1.29, 1.82) is 0 Å². The lowest BCUT2D eigenvalue weighted by Crippen LogP contribution is -2.49. The number of carboxylic acid groups (broad SMARTS) is 1. The molecule has 7 heteroatoms. The molecule has 1 aliphatic rings. The molecule has 4 nitrogen and oxygen atoms in total. The van der Waals surface area contributed by atoms with Gasteiger partial charge < -0.3 is 10.4 Å². The highest BCUT2D eigenvalue weighted by molar-refractivity contribution is 5.83. The van der Waals surface area contributed by atoms with Gasteiger partial charge in [-0.15, -0.1) is 0 Å². The monoisotopic (exact) mass is 239 g/mol. The maximum absolute atomic E-state index is 12.0. The summed E-state index contributed by atoms with van der Waals surface area (Å²) in [5.74, 6) is -4.14. The van der Waals surface area contributed by atoms with E-state index in [-0.39, 0.29) is 6.42 Å². The number of hydrogen-bond acceptors (Lipinski definition) is 2. The zero-order valence-electron chi connectivity index (χ0n) is 8.38. The van der Waals surface area contributed by atoms with E-state index in [9.17, 15) is 22.8 Å². The molecule has 1 saturated carbocycles. The fourth-order valence-electron chi connectivity index (χ4n) is 1.85. The van der Waals surface area contributed by atoms with Gasteiger partial charge in [-0.25, -0.2) is 0 Å². The van der Waals surface area contributed by atoms with Gasteiger partial charge in [0.15, 0.2) is 0 Å². The first-order chi connectivity index (χ1) is 7.32. The molecule has 0 aromatic rings. The van der Waals surface area contributed by atoms with Crippen molar-refractivity contribution in [2.45, 2.75) is 37.9 Å². The van der Waals surface area contributed by atoms with E-state index in [0.29, 0.717) is 19.3 Å². The number of carboxylic acids is 1. The van der Waals surface area contributed by atoms with Crippen molar-refractivity contribution in [2.75, 3.05) is 0 Å². The van der Waals surface area contributed by atoms with Crippen LogP contribution >= 0.6 is 0 Å². The Labute approximate surface area is 89.8 Å². The van der Waals surface area contributed by atoms with Crippen LogP contribution in [0.5, 0.6) is 0 Å². The molecule has 1 amide bonds. The summed E-state index contributed by atoms with van der Waals surface area (Å²) in [7, 11) is 0. The van der Waals surface area contributed by atoms with Crippen LogP contribution in [0.1, 0.15) is 25.7 Å². The average Bonchev–Trinajstić information content (AvgIpc) is 2.16. The smallest absolute Gasteiger partial charge is 0.471 e. The SMILES string of the molecule is O=C(O)[C@@H]1CCCC[C@H]1NC(=O)C(F)(F)F. The molecule has 0 heterocycles. The molecule has 0 aromatic carbocycles. The van der Waals surface area contributed by atoms with Crippen molar-refractivity contribution in [2.24, 2.45) is 5.92 Å². The van der Waals surface area contributed by atoms with Crippen LogP contribution in [0.2, 0.25) is 0 Å². The Hall–Kier alpha value is -1.27. The summed E-state index contributed by atoms with van der Waals surface area (Å²) in [4.78, 5) is 21.4. The number of aliphatic carboxylic acids is 1. The van der Waals surface area contributed by atoms with E-state index in [4.69, 9.17) is 5.11 Å². The molecule has 0 unspecified atom stereocenters. The molecule has 0 saturated heterocycles. The van der Waals surface area contributed by atoms with Crippen LogP contribution in [-0.2, 0) is 9.59 Å². The Kier molecular flexibility index (Phi) is 3.77. The molecule has 0 aliphatic heterocycles. The number of rotatable bonds is 2. The summed E-state index contributed by atoms with van der Waals surface area (Å²) < 4.78 is 35.9. The predicted molar refractivity (Wildman–Crippen MR) is 47.6 cm³/mol. The molecule has 92 valence electrons. The largest absolute Gasteiger partial charge is 0.481 e. The lowest BCUT2D eigenvalue weighted by molar-refractivity contribution is -0.175. The van der Waals surface area contributed by atoms with Crippen LogP contribution in [-0.4, -0.2) is 29.2 Å². The van der Waals surface area contributed by atoms with Gasteiger partial charge in [0.2, 0.25) is 0 Å². The molecule has 2 N–H and O–H groups in total. The molecule has 0 bridgehead atoms. The topological polar surface area (TPSA) is 66.4 Å². The van der Waals surface area contributed by atoms with Crippen molar-refractivity contribution in [3.8, 4) is 0 Å². The quantitative estimate of drug-likeness (QED) is 0.763. The first-order valence-electron chi connectivity index (χ1n) is 4.93. The summed E-state index contributed by atoms with van der Waals surface area (Å²) in [6.45, 7) is 0. The zero-order chi connectivity index (χ0) is 12.3. The number of halogens is 3. The Morgan fingerprint density at radius 2 is 1.75 bits per heavy atom. The second-order valence-corrected chi connectivity index (χ2v) is 3.81. The molecule has 16 heavy (non-hydrogen) atoms. The molecule has 0 aromatic heterocycles. The van der Waals surface area contributed by atoms with Crippen LogP contribution in [0.25, 0.3) is 0 Å². The maximum atomic E-state index is 12.0. The van der Waals surface area contributed by atoms with Gasteiger partial charge in [-0.3, -0.25) is 9.59 Å². The third-order valence-electron chi connectivity index (χ3n) is 2.66. The van der Waals surface area contributed by atoms with Crippen molar-refractivity contribution in [1.82, 2.24) is 5.32 Å². The standard InChI is InChI=1S/C9H12F3NO3/c10-9(11,12)8(16)13-6-4-2-1-3-5(6)7(14)15/h5-6H,1-4H2,(H,13,16)(H,14,15)/t5-,6-/m1/s1. The number of nitrogens with one attached hydrogen (secondary N) is 1. The molecule has 0 spiro atoms. The van der Waals surface area contributed by atoms with Crippen LogP contribution < -0.4 is 5.32 Å². The minimum absolute atomic E-state index is 0.277. The number of carbonyl (C=O) groups is 2. The highest BCUT2D eigenvalue weighted by atomic mass is 19.4. The van der Waals surface area contributed by atoms with Crippen LogP contribution in [0.3, 0.4) is 0 Å². The van der Waals surface area contributed by atoms with Gasteiger partial charge in [0.25, 0.3) is 0 Å². The summed E-state index contributed by atoms with van der Waals surface area (Å²) in [6, 6.07) is -0.916. The van der Waals surface area contributed by atoms with E-state index in [1.807, 2.05) is 0 Å². The van der Waals surface area contributed by atoms with Gasteiger partial charge in [0.05, 0.1) is 5.92 Å². The fourth-order valence-corrected chi connectivity index (χ4v) is 1.85. The Morgan fingerprint density at radius 1 is 1.19 bits per heavy atom. The number of hydrogen-bond donors (Lipinski definition) is 2. The zero-order valence-corrected chi connectivity index (χ0v) is 8.38.